The van der Waals surface area contributed by atoms with Crippen LogP contribution in [0.15, 0.2) is 41.2 Å². The third-order valence-corrected chi connectivity index (χ3v) is 3.14. The Hall–Kier alpha value is -1.94. The molecule has 0 saturated heterocycles. The summed E-state index contributed by atoms with van der Waals surface area (Å²) in [5.41, 5.74) is 2.69. The first-order valence-corrected chi connectivity index (χ1v) is 7.28. The molecule has 0 spiro atoms. The monoisotopic (exact) mass is 285 g/mol. The second-order valence-corrected chi connectivity index (χ2v) is 6.04. The van der Waals surface area contributed by atoms with Crippen LogP contribution in [0.4, 0.5) is 0 Å². The Kier molecular flexibility index (Phi) is 4.91. The average molecular weight is 285 g/mol. The molecule has 4 heteroatoms. The van der Waals surface area contributed by atoms with Crippen molar-refractivity contribution in [3.63, 3.8) is 0 Å². The van der Waals surface area contributed by atoms with Gasteiger partial charge in [-0.2, -0.15) is 5.10 Å². The van der Waals surface area contributed by atoms with Crippen LogP contribution in [0.2, 0.25) is 0 Å². The van der Waals surface area contributed by atoms with Crippen LogP contribution in [0.25, 0.3) is 11.3 Å². The number of benzene rings is 1. The summed E-state index contributed by atoms with van der Waals surface area (Å²) in [6.45, 7) is 5.45. The van der Waals surface area contributed by atoms with Crippen molar-refractivity contribution in [3.05, 3.63) is 52.3 Å². The minimum atomic E-state index is 0.0112. The first-order valence-electron chi connectivity index (χ1n) is 7.28. The molecule has 112 valence electrons. The molecule has 2 rings (SSSR count). The van der Waals surface area contributed by atoms with Crippen LogP contribution in [-0.4, -0.2) is 28.8 Å². The molecule has 1 heterocycles. The summed E-state index contributed by atoms with van der Waals surface area (Å²) < 4.78 is 1.60. The fourth-order valence-electron chi connectivity index (χ4n) is 2.27. The summed E-state index contributed by atoms with van der Waals surface area (Å²) in [5.74, 6) is 0.383. The van der Waals surface area contributed by atoms with Crippen LogP contribution >= 0.6 is 0 Å². The Morgan fingerprint density at radius 1 is 1.19 bits per heavy atom. The zero-order valence-corrected chi connectivity index (χ0v) is 13.2. The molecule has 0 aliphatic carbocycles. The molecule has 0 aliphatic rings. The van der Waals surface area contributed by atoms with Crippen molar-refractivity contribution < 1.29 is 0 Å². The van der Waals surface area contributed by atoms with Crippen molar-refractivity contribution in [1.82, 2.24) is 14.7 Å². The summed E-state index contributed by atoms with van der Waals surface area (Å²) in [7, 11) is 3.93. The zero-order chi connectivity index (χ0) is 15.4. The Morgan fingerprint density at radius 2 is 1.86 bits per heavy atom. The van der Waals surface area contributed by atoms with Gasteiger partial charge in [-0.15, -0.1) is 0 Å². The highest BCUT2D eigenvalue weighted by molar-refractivity contribution is 5.58. The molecule has 2 aromatic rings. The molecule has 1 aromatic heterocycles. The predicted molar refractivity (Wildman–Crippen MR) is 86.2 cm³/mol. The van der Waals surface area contributed by atoms with E-state index in [1.165, 1.54) is 0 Å². The summed E-state index contributed by atoms with van der Waals surface area (Å²) in [4.78, 5) is 14.5. The van der Waals surface area contributed by atoms with Crippen LogP contribution < -0.4 is 5.56 Å². The third kappa shape index (κ3) is 4.02. The first kappa shape index (κ1) is 15.4. The van der Waals surface area contributed by atoms with E-state index in [0.29, 0.717) is 19.0 Å². The molecule has 4 nitrogen and oxygen atoms in total. The summed E-state index contributed by atoms with van der Waals surface area (Å²) >= 11 is 0. The number of hydrogen-bond acceptors (Lipinski definition) is 3. The van der Waals surface area contributed by atoms with Gasteiger partial charge in [-0.1, -0.05) is 44.2 Å². The highest BCUT2D eigenvalue weighted by Gasteiger charge is 2.11. The molecule has 21 heavy (non-hydrogen) atoms. The molecular formula is C17H23N3O. The normalized spacial score (nSPS) is 11.3. The zero-order valence-electron chi connectivity index (χ0n) is 13.2. The summed E-state index contributed by atoms with van der Waals surface area (Å²) in [6, 6.07) is 11.9. The van der Waals surface area contributed by atoms with Crippen molar-refractivity contribution in [2.24, 2.45) is 5.92 Å². The molecule has 0 unspecified atom stereocenters. The SMILES string of the molecule is CC(C)Cn1nc(-c2ccccc2)cc(CN(C)C)c1=O. The van der Waals surface area contributed by atoms with Gasteiger partial charge in [0.2, 0.25) is 0 Å². The second kappa shape index (κ2) is 6.68. The fraction of sp³-hybridized carbons (Fsp3) is 0.412. The smallest absolute Gasteiger partial charge is 0.271 e. The van der Waals surface area contributed by atoms with Gasteiger partial charge in [0.15, 0.2) is 0 Å². The van der Waals surface area contributed by atoms with Gasteiger partial charge in [0, 0.05) is 24.2 Å². The van der Waals surface area contributed by atoms with Crippen molar-refractivity contribution in [1.29, 1.82) is 0 Å². The van der Waals surface area contributed by atoms with Gasteiger partial charge in [-0.05, 0) is 26.1 Å². The molecule has 0 amide bonds. The van der Waals surface area contributed by atoms with Gasteiger partial charge in [-0.25, -0.2) is 4.68 Å². The third-order valence-electron chi connectivity index (χ3n) is 3.14. The maximum atomic E-state index is 12.5. The number of aromatic nitrogens is 2. The van der Waals surface area contributed by atoms with Crippen LogP contribution in [0.1, 0.15) is 19.4 Å². The Balaban J connectivity index is 2.53. The van der Waals surface area contributed by atoms with Crippen molar-refractivity contribution in [2.75, 3.05) is 14.1 Å². The van der Waals surface area contributed by atoms with Crippen LogP contribution in [-0.2, 0) is 13.1 Å². The molecule has 0 fully saturated rings. The predicted octanol–water partition coefficient (Wildman–Crippen LogP) is 2.63. The van der Waals surface area contributed by atoms with Gasteiger partial charge in [0.25, 0.3) is 5.56 Å². The van der Waals surface area contributed by atoms with E-state index in [2.05, 4.69) is 18.9 Å². The molecule has 0 radical (unpaired) electrons. The lowest BCUT2D eigenvalue weighted by Crippen LogP contribution is -2.30. The van der Waals surface area contributed by atoms with E-state index in [0.717, 1.165) is 16.8 Å². The summed E-state index contributed by atoms with van der Waals surface area (Å²) in [5, 5.41) is 4.54. The topological polar surface area (TPSA) is 38.1 Å². The molecule has 0 aliphatic heterocycles. The number of hydrogen-bond donors (Lipinski definition) is 0. The molecular weight excluding hydrogens is 262 g/mol. The highest BCUT2D eigenvalue weighted by Crippen LogP contribution is 2.16. The molecule has 0 bridgehead atoms. The van der Waals surface area contributed by atoms with Gasteiger partial charge < -0.3 is 4.90 Å². The lowest BCUT2D eigenvalue weighted by molar-refractivity contribution is 0.392. The molecule has 0 atom stereocenters. The average Bonchev–Trinajstić information content (AvgIpc) is 2.43. The Morgan fingerprint density at radius 3 is 2.43 bits per heavy atom. The van der Waals surface area contributed by atoms with Gasteiger partial charge in [0.1, 0.15) is 0 Å². The minimum Gasteiger partial charge on any atom is -0.305 e. The first-order chi connectivity index (χ1) is 9.97. The highest BCUT2D eigenvalue weighted by atomic mass is 16.1. The van der Waals surface area contributed by atoms with E-state index in [1.54, 1.807) is 4.68 Å². The Bertz CT molecular complexity index is 611. The van der Waals surface area contributed by atoms with Gasteiger partial charge in [-0.3, -0.25) is 4.79 Å². The quantitative estimate of drug-likeness (QED) is 0.847. The van der Waals surface area contributed by atoms with Crippen LogP contribution in [0.5, 0.6) is 0 Å². The van der Waals surface area contributed by atoms with Crippen molar-refractivity contribution >= 4 is 0 Å². The molecule has 0 N–H and O–H groups in total. The standard InChI is InChI=1S/C17H23N3O/c1-13(2)11-20-17(21)15(12-19(3)4)10-16(18-20)14-8-6-5-7-9-14/h5-10,13H,11-12H2,1-4H3. The fourth-order valence-corrected chi connectivity index (χ4v) is 2.27. The largest absolute Gasteiger partial charge is 0.305 e. The van der Waals surface area contributed by atoms with E-state index in [9.17, 15) is 4.79 Å². The maximum Gasteiger partial charge on any atom is 0.271 e. The van der Waals surface area contributed by atoms with Gasteiger partial charge in [0.05, 0.1) is 5.69 Å². The van der Waals surface area contributed by atoms with Crippen molar-refractivity contribution in [2.45, 2.75) is 26.9 Å². The van der Waals surface area contributed by atoms with Gasteiger partial charge >= 0.3 is 0 Å². The van der Waals surface area contributed by atoms with Crippen LogP contribution in [0.3, 0.4) is 0 Å². The van der Waals surface area contributed by atoms with E-state index < -0.39 is 0 Å². The molecule has 0 saturated carbocycles. The lowest BCUT2D eigenvalue weighted by atomic mass is 10.1. The maximum absolute atomic E-state index is 12.5. The summed E-state index contributed by atoms with van der Waals surface area (Å²) in [6.07, 6.45) is 0. The lowest BCUT2D eigenvalue weighted by Gasteiger charge is -2.14. The second-order valence-electron chi connectivity index (χ2n) is 6.04. The molecule has 1 aromatic carbocycles. The van der Waals surface area contributed by atoms with E-state index in [-0.39, 0.29) is 5.56 Å². The van der Waals surface area contributed by atoms with Crippen molar-refractivity contribution in [3.8, 4) is 11.3 Å². The van der Waals surface area contributed by atoms with Crippen LogP contribution in [0, 0.1) is 5.92 Å². The minimum absolute atomic E-state index is 0.0112. The van der Waals surface area contributed by atoms with E-state index >= 15 is 0 Å². The van der Waals surface area contributed by atoms with E-state index in [4.69, 9.17) is 0 Å². The Labute approximate surface area is 126 Å². The number of nitrogens with zero attached hydrogens (tertiary/aromatic N) is 3. The number of rotatable bonds is 5. The van der Waals surface area contributed by atoms with E-state index in [1.807, 2.05) is 55.4 Å².